The molecule has 0 amide bonds. The van der Waals surface area contributed by atoms with Gasteiger partial charge in [-0.05, 0) is 38.2 Å². The van der Waals surface area contributed by atoms with E-state index in [1.807, 2.05) is 43.3 Å². The molecular weight excluding hydrogens is 402 g/mol. The summed E-state index contributed by atoms with van der Waals surface area (Å²) in [5, 5.41) is 10.3. The van der Waals surface area contributed by atoms with E-state index in [1.165, 1.54) is 36.7 Å². The summed E-state index contributed by atoms with van der Waals surface area (Å²) in [6.07, 6.45) is 8.56. The molecule has 172 valence electrons. The van der Waals surface area contributed by atoms with Crippen molar-refractivity contribution >= 4 is 17.7 Å². The Balaban J connectivity index is 0.000000269. The fourth-order valence-corrected chi connectivity index (χ4v) is 3.72. The van der Waals surface area contributed by atoms with Crippen LogP contribution in [0.15, 0.2) is 48.2 Å². The zero-order valence-electron chi connectivity index (χ0n) is 19.0. The van der Waals surface area contributed by atoms with Crippen molar-refractivity contribution in [1.82, 2.24) is 10.3 Å². The second-order valence-electron chi connectivity index (χ2n) is 8.00. The molecule has 0 atom stereocenters. The smallest absolute Gasteiger partial charge is 0.217 e. The minimum atomic E-state index is 0.493. The highest BCUT2D eigenvalue weighted by Crippen LogP contribution is 2.23. The van der Waals surface area contributed by atoms with Gasteiger partial charge in [-0.15, -0.1) is 0 Å². The molecule has 1 aliphatic heterocycles. The molecule has 1 fully saturated rings. The van der Waals surface area contributed by atoms with Crippen LogP contribution in [-0.2, 0) is 4.74 Å². The molecule has 2 heterocycles. The van der Waals surface area contributed by atoms with Crippen molar-refractivity contribution in [3.8, 4) is 5.88 Å². The number of allylic oxidation sites excluding steroid dienone is 2. The molecule has 4 N–H and O–H groups in total. The molecule has 0 unspecified atom stereocenters. The first-order chi connectivity index (χ1) is 15.6. The van der Waals surface area contributed by atoms with Gasteiger partial charge in [0.15, 0.2) is 0 Å². The number of pyridine rings is 1. The lowest BCUT2D eigenvalue weighted by Gasteiger charge is -2.29. The topological polar surface area (TPSA) is 96.5 Å². The Morgan fingerprint density at radius 1 is 1.22 bits per heavy atom. The summed E-state index contributed by atoms with van der Waals surface area (Å²) in [4.78, 5) is 6.52. The number of nitrogens with zero attached hydrogens (tertiary/aromatic N) is 2. The monoisotopic (exact) mass is 437 g/mol. The van der Waals surface area contributed by atoms with E-state index >= 15 is 0 Å². The number of anilines is 2. The third kappa shape index (κ3) is 7.89. The van der Waals surface area contributed by atoms with Crippen molar-refractivity contribution < 1.29 is 9.47 Å². The van der Waals surface area contributed by atoms with Gasteiger partial charge in [-0.25, -0.2) is 0 Å². The average molecular weight is 438 g/mol. The predicted molar refractivity (Wildman–Crippen MR) is 131 cm³/mol. The number of morpholine rings is 1. The van der Waals surface area contributed by atoms with E-state index in [9.17, 15) is 0 Å². The van der Waals surface area contributed by atoms with E-state index in [4.69, 9.17) is 20.6 Å². The minimum Gasteiger partial charge on any atom is -0.476 e. The van der Waals surface area contributed by atoms with E-state index < -0.39 is 0 Å². The summed E-state index contributed by atoms with van der Waals surface area (Å²) in [6.45, 7) is 6.63. The Bertz CT molecular complexity index is 894. The molecule has 2 aromatic rings. The molecule has 0 saturated carbocycles. The number of nitrogens with two attached hydrogens (primary N) is 1. The predicted octanol–water partition coefficient (Wildman–Crippen LogP) is 3.92. The van der Waals surface area contributed by atoms with Crippen molar-refractivity contribution in [2.24, 2.45) is 0 Å². The molecule has 2 aliphatic rings. The highest BCUT2D eigenvalue weighted by Gasteiger charge is 2.13. The molecule has 32 heavy (non-hydrogen) atoms. The van der Waals surface area contributed by atoms with Crippen LogP contribution in [0.5, 0.6) is 5.88 Å². The van der Waals surface area contributed by atoms with E-state index in [1.54, 1.807) is 0 Å². The Kier molecular flexibility index (Phi) is 9.37. The number of hydrogen-bond donors (Lipinski definition) is 3. The van der Waals surface area contributed by atoms with Gasteiger partial charge in [0, 0.05) is 49.4 Å². The lowest BCUT2D eigenvalue weighted by atomic mass is 10.1. The maximum absolute atomic E-state index is 6.92. The Morgan fingerprint density at radius 3 is 2.75 bits per heavy atom. The molecule has 7 heteroatoms. The number of nitrogens with one attached hydrogen (secondary N) is 2. The number of aromatic nitrogens is 1. The Morgan fingerprint density at radius 2 is 2.06 bits per heavy atom. The van der Waals surface area contributed by atoms with Crippen molar-refractivity contribution in [2.45, 2.75) is 32.6 Å². The van der Waals surface area contributed by atoms with Gasteiger partial charge in [0.25, 0.3) is 0 Å². The van der Waals surface area contributed by atoms with Gasteiger partial charge >= 0.3 is 0 Å². The Hall–Kier alpha value is -3.06. The number of benzene rings is 1. The highest BCUT2D eigenvalue weighted by molar-refractivity contribution is 5.76. The first-order valence-corrected chi connectivity index (χ1v) is 11.4. The molecule has 1 aromatic heterocycles. The summed E-state index contributed by atoms with van der Waals surface area (Å²) in [5.74, 6) is 1.08. The van der Waals surface area contributed by atoms with Crippen LogP contribution in [0.3, 0.4) is 0 Å². The second kappa shape index (κ2) is 12.7. The third-order valence-corrected chi connectivity index (χ3v) is 5.39. The molecule has 1 aliphatic carbocycles. The number of nitrogen functional groups attached to an aromatic ring is 1. The standard InChI is InChI=1S/C17H26N4O2.C8H9N/c18-16-12-15(21-7-10-22-11-8-21)13-17(20-16)23-9-6-19-14-4-2-1-3-5-14;1-7-3-2-4-8(5-7)6-9/h4,12-13,19H,1-3,5-11H2,(H2,18,20);2-6,9H,1H3. The quantitative estimate of drug-likeness (QED) is 0.449. The SMILES string of the molecule is Cc1cccc(C=N)c1.Nc1cc(N2CCOCC2)cc(OCCNC2=CCCCC2)n1. The van der Waals surface area contributed by atoms with Gasteiger partial charge in [0.1, 0.15) is 12.4 Å². The fraction of sp³-hybridized carbons (Fsp3) is 0.440. The van der Waals surface area contributed by atoms with Crippen molar-refractivity contribution in [1.29, 1.82) is 5.41 Å². The van der Waals surface area contributed by atoms with E-state index in [0.717, 1.165) is 50.5 Å². The molecule has 4 rings (SSSR count). The molecule has 0 spiro atoms. The molecule has 1 saturated heterocycles. The summed E-state index contributed by atoms with van der Waals surface area (Å²) in [5.41, 5.74) is 10.5. The van der Waals surface area contributed by atoms with Crippen LogP contribution in [0.2, 0.25) is 0 Å². The van der Waals surface area contributed by atoms with Crippen LogP contribution in [0.4, 0.5) is 11.5 Å². The summed E-state index contributed by atoms with van der Waals surface area (Å²) in [6, 6.07) is 11.7. The normalized spacial score (nSPS) is 15.8. The van der Waals surface area contributed by atoms with E-state index in [0.29, 0.717) is 18.3 Å². The molecule has 0 bridgehead atoms. The number of ether oxygens (including phenoxy) is 2. The zero-order chi connectivity index (χ0) is 22.6. The molecular formula is C25H35N5O2. The van der Waals surface area contributed by atoms with Crippen molar-refractivity contribution in [3.63, 3.8) is 0 Å². The van der Waals surface area contributed by atoms with Crippen LogP contribution >= 0.6 is 0 Å². The van der Waals surface area contributed by atoms with Gasteiger partial charge in [0.2, 0.25) is 5.88 Å². The van der Waals surface area contributed by atoms with Crippen LogP contribution in [0.25, 0.3) is 0 Å². The number of rotatable bonds is 7. The number of hydrogen-bond acceptors (Lipinski definition) is 7. The zero-order valence-corrected chi connectivity index (χ0v) is 19.0. The first kappa shape index (κ1) is 23.6. The van der Waals surface area contributed by atoms with Gasteiger partial charge < -0.3 is 30.8 Å². The summed E-state index contributed by atoms with van der Waals surface area (Å²) >= 11 is 0. The average Bonchev–Trinajstić information content (AvgIpc) is 2.83. The maximum atomic E-state index is 6.92. The molecule has 7 nitrogen and oxygen atoms in total. The van der Waals surface area contributed by atoms with Crippen LogP contribution in [0, 0.1) is 12.3 Å². The van der Waals surface area contributed by atoms with E-state index in [2.05, 4.69) is 21.3 Å². The van der Waals surface area contributed by atoms with Crippen LogP contribution in [0.1, 0.15) is 36.8 Å². The van der Waals surface area contributed by atoms with Gasteiger partial charge in [-0.1, -0.05) is 35.9 Å². The fourth-order valence-electron chi connectivity index (χ4n) is 3.72. The maximum Gasteiger partial charge on any atom is 0.217 e. The highest BCUT2D eigenvalue weighted by atomic mass is 16.5. The minimum absolute atomic E-state index is 0.493. The second-order valence-corrected chi connectivity index (χ2v) is 8.00. The van der Waals surface area contributed by atoms with Crippen LogP contribution in [-0.4, -0.2) is 50.7 Å². The first-order valence-electron chi connectivity index (χ1n) is 11.4. The van der Waals surface area contributed by atoms with Crippen LogP contribution < -0.4 is 20.7 Å². The largest absolute Gasteiger partial charge is 0.476 e. The lowest BCUT2D eigenvalue weighted by molar-refractivity contribution is 0.122. The van der Waals surface area contributed by atoms with Gasteiger partial charge in [-0.2, -0.15) is 4.98 Å². The number of aryl methyl sites for hydroxylation is 1. The third-order valence-electron chi connectivity index (χ3n) is 5.39. The van der Waals surface area contributed by atoms with Gasteiger partial charge in [0.05, 0.1) is 13.2 Å². The Labute approximate surface area is 191 Å². The van der Waals surface area contributed by atoms with Gasteiger partial charge in [-0.3, -0.25) is 0 Å². The summed E-state index contributed by atoms with van der Waals surface area (Å²) < 4.78 is 11.2. The molecule has 0 radical (unpaired) electrons. The van der Waals surface area contributed by atoms with E-state index in [-0.39, 0.29) is 0 Å². The van der Waals surface area contributed by atoms with Crippen molar-refractivity contribution in [3.05, 3.63) is 59.3 Å². The molecule has 1 aromatic carbocycles. The van der Waals surface area contributed by atoms with Crippen molar-refractivity contribution in [2.75, 3.05) is 50.1 Å². The summed E-state index contributed by atoms with van der Waals surface area (Å²) in [7, 11) is 0. The lowest BCUT2D eigenvalue weighted by Crippen LogP contribution is -2.36.